The topological polar surface area (TPSA) is 78.8 Å². The van der Waals surface area contributed by atoms with Gasteiger partial charge in [-0.1, -0.05) is 30.3 Å². The molecule has 0 saturated heterocycles. The molecule has 0 bridgehead atoms. The Balaban J connectivity index is 1.78. The first-order valence-corrected chi connectivity index (χ1v) is 8.63. The Labute approximate surface area is 157 Å². The van der Waals surface area contributed by atoms with E-state index in [1.165, 1.54) is 0 Å². The van der Waals surface area contributed by atoms with Gasteiger partial charge in [0.15, 0.2) is 0 Å². The summed E-state index contributed by atoms with van der Waals surface area (Å²) in [6.45, 7) is 0.0910. The third-order valence-electron chi connectivity index (χ3n) is 3.64. The summed E-state index contributed by atoms with van der Waals surface area (Å²) in [4.78, 5) is 11.6. The minimum absolute atomic E-state index is 0.00746. The van der Waals surface area contributed by atoms with Gasteiger partial charge in [0.1, 0.15) is 24.3 Å². The molecule has 0 heterocycles. The molecule has 0 saturated carbocycles. The third kappa shape index (κ3) is 5.76. The maximum absolute atomic E-state index is 13.8. The predicted octanol–water partition coefficient (Wildman–Crippen LogP) is 3.44. The number of aliphatic hydroxyl groups excluding tert-OH is 2. The Morgan fingerprint density at radius 2 is 1.85 bits per heavy atom. The van der Waals surface area contributed by atoms with Crippen molar-refractivity contribution in [3.8, 4) is 0 Å². The van der Waals surface area contributed by atoms with Crippen LogP contribution in [-0.2, 0) is 11.3 Å². The van der Waals surface area contributed by atoms with Crippen LogP contribution in [0.1, 0.15) is 23.7 Å². The summed E-state index contributed by atoms with van der Waals surface area (Å²) in [5.41, 5.74) is 0.468. The smallest absolute Gasteiger partial charge is 0.407 e. The number of aliphatic hydroxyl groups is 2. The fourth-order valence-electron chi connectivity index (χ4n) is 2.23. The maximum Gasteiger partial charge on any atom is 0.407 e. The van der Waals surface area contributed by atoms with Crippen molar-refractivity contribution in [2.45, 2.75) is 25.2 Å². The lowest BCUT2D eigenvalue weighted by atomic mass is 10.0. The van der Waals surface area contributed by atoms with Crippen molar-refractivity contribution in [1.82, 2.24) is 5.32 Å². The molecule has 0 radical (unpaired) electrons. The van der Waals surface area contributed by atoms with E-state index >= 15 is 0 Å². The van der Waals surface area contributed by atoms with Crippen LogP contribution in [0.4, 0.5) is 13.6 Å². The van der Waals surface area contributed by atoms with Crippen LogP contribution in [0.5, 0.6) is 0 Å². The van der Waals surface area contributed by atoms with E-state index in [4.69, 9.17) is 4.74 Å². The predicted molar refractivity (Wildman–Crippen MR) is 94.3 cm³/mol. The number of halogens is 3. The molecule has 5 nitrogen and oxygen atoms in total. The minimum Gasteiger partial charge on any atom is -0.445 e. The summed E-state index contributed by atoms with van der Waals surface area (Å²) in [6.07, 6.45) is -3.77. The van der Waals surface area contributed by atoms with Gasteiger partial charge < -0.3 is 20.3 Å². The van der Waals surface area contributed by atoms with Crippen LogP contribution in [0.3, 0.4) is 0 Å². The molecule has 0 aromatic heterocycles. The first kappa shape index (κ1) is 20.3. The Bertz CT molecular complexity index is 745. The molecule has 2 unspecified atom stereocenters. The summed E-state index contributed by atoms with van der Waals surface area (Å²) in [6, 6.07) is 10.8. The van der Waals surface area contributed by atoms with E-state index in [2.05, 4.69) is 21.2 Å². The van der Waals surface area contributed by atoms with Gasteiger partial charge in [0.25, 0.3) is 0 Å². The van der Waals surface area contributed by atoms with E-state index in [0.29, 0.717) is 0 Å². The number of hydrogen-bond acceptors (Lipinski definition) is 4. The number of ether oxygens (including phenoxy) is 1. The molecular weight excluding hydrogens is 412 g/mol. The molecule has 2 aromatic rings. The normalized spacial score (nSPS) is 13.1. The van der Waals surface area contributed by atoms with Crippen LogP contribution in [-0.4, -0.2) is 29.0 Å². The fourth-order valence-corrected chi connectivity index (χ4v) is 2.54. The SMILES string of the molecule is O=C(NCCC(O)C(O)c1cc(F)c(Br)cc1F)OCc1ccccc1. The Morgan fingerprint density at radius 3 is 2.54 bits per heavy atom. The zero-order valence-corrected chi connectivity index (χ0v) is 15.2. The highest BCUT2D eigenvalue weighted by Crippen LogP contribution is 2.26. The van der Waals surface area contributed by atoms with Crippen LogP contribution in [0.2, 0.25) is 0 Å². The summed E-state index contributed by atoms with van der Waals surface area (Å²) < 4.78 is 32.2. The lowest BCUT2D eigenvalue weighted by molar-refractivity contribution is 0.0114. The van der Waals surface area contributed by atoms with Gasteiger partial charge in [-0.05, 0) is 40.0 Å². The van der Waals surface area contributed by atoms with Gasteiger partial charge >= 0.3 is 6.09 Å². The van der Waals surface area contributed by atoms with Crippen molar-refractivity contribution >= 4 is 22.0 Å². The average molecular weight is 430 g/mol. The largest absolute Gasteiger partial charge is 0.445 e. The van der Waals surface area contributed by atoms with E-state index in [-0.39, 0.29) is 29.6 Å². The van der Waals surface area contributed by atoms with Gasteiger partial charge in [0.2, 0.25) is 0 Å². The molecule has 3 N–H and O–H groups in total. The maximum atomic E-state index is 13.8. The van der Waals surface area contributed by atoms with Gasteiger partial charge in [-0.3, -0.25) is 0 Å². The van der Waals surface area contributed by atoms with Crippen LogP contribution >= 0.6 is 15.9 Å². The zero-order chi connectivity index (χ0) is 19.1. The molecule has 1 amide bonds. The van der Waals surface area contributed by atoms with Crippen molar-refractivity contribution in [2.75, 3.05) is 6.54 Å². The van der Waals surface area contributed by atoms with Crippen molar-refractivity contribution < 1.29 is 28.5 Å². The van der Waals surface area contributed by atoms with E-state index in [1.807, 2.05) is 18.2 Å². The fraction of sp³-hybridized carbons (Fsp3) is 0.278. The summed E-state index contributed by atoms with van der Waals surface area (Å²) in [5, 5.41) is 22.3. The first-order valence-electron chi connectivity index (χ1n) is 7.83. The van der Waals surface area contributed by atoms with Gasteiger partial charge in [0.05, 0.1) is 10.6 Å². The van der Waals surface area contributed by atoms with Crippen LogP contribution in [0, 0.1) is 11.6 Å². The number of nitrogens with one attached hydrogen (secondary N) is 1. The van der Waals surface area contributed by atoms with Gasteiger partial charge in [-0.25, -0.2) is 13.6 Å². The van der Waals surface area contributed by atoms with Crippen LogP contribution < -0.4 is 5.32 Å². The molecule has 0 aliphatic rings. The van der Waals surface area contributed by atoms with Crippen molar-refractivity contribution in [2.24, 2.45) is 0 Å². The van der Waals surface area contributed by atoms with Gasteiger partial charge in [-0.15, -0.1) is 0 Å². The molecular formula is C18H18BrF2NO4. The molecule has 8 heteroatoms. The minimum atomic E-state index is -1.63. The van der Waals surface area contributed by atoms with Crippen molar-refractivity contribution in [3.63, 3.8) is 0 Å². The van der Waals surface area contributed by atoms with Crippen LogP contribution in [0.15, 0.2) is 46.9 Å². The number of benzene rings is 2. The second kappa shape index (κ2) is 9.61. The van der Waals surface area contributed by atoms with Gasteiger partial charge in [0, 0.05) is 12.1 Å². The van der Waals surface area contributed by atoms with E-state index in [1.54, 1.807) is 12.1 Å². The molecule has 0 aliphatic carbocycles. The number of hydrogen-bond donors (Lipinski definition) is 3. The molecule has 140 valence electrons. The highest BCUT2D eigenvalue weighted by atomic mass is 79.9. The molecule has 26 heavy (non-hydrogen) atoms. The third-order valence-corrected chi connectivity index (χ3v) is 4.25. The highest BCUT2D eigenvalue weighted by Gasteiger charge is 2.23. The molecule has 0 fully saturated rings. The Morgan fingerprint density at radius 1 is 1.15 bits per heavy atom. The molecule has 0 aliphatic heterocycles. The Hall–Kier alpha value is -2.03. The van der Waals surface area contributed by atoms with E-state index < -0.39 is 29.9 Å². The van der Waals surface area contributed by atoms with Crippen molar-refractivity contribution in [1.29, 1.82) is 0 Å². The summed E-state index contributed by atoms with van der Waals surface area (Å²) in [5.74, 6) is -1.60. The second-order valence-corrected chi connectivity index (χ2v) is 6.43. The summed E-state index contributed by atoms with van der Waals surface area (Å²) >= 11 is 2.84. The lowest BCUT2D eigenvalue weighted by Crippen LogP contribution is -2.30. The molecule has 2 rings (SSSR count). The van der Waals surface area contributed by atoms with Crippen LogP contribution in [0.25, 0.3) is 0 Å². The number of carbonyl (C=O) groups is 1. The number of rotatable bonds is 7. The average Bonchev–Trinajstić information content (AvgIpc) is 2.63. The van der Waals surface area contributed by atoms with Gasteiger partial charge in [-0.2, -0.15) is 0 Å². The molecule has 0 spiro atoms. The first-order chi connectivity index (χ1) is 12.4. The standard InChI is InChI=1S/C18H18BrF2NO4/c19-13-9-14(20)12(8-15(13)21)17(24)16(23)6-7-22-18(25)26-10-11-4-2-1-3-5-11/h1-5,8-9,16-17,23-24H,6-7,10H2,(H,22,25). The monoisotopic (exact) mass is 429 g/mol. The number of amides is 1. The number of carbonyl (C=O) groups excluding carboxylic acids is 1. The Kier molecular flexibility index (Phi) is 7.50. The second-order valence-electron chi connectivity index (χ2n) is 5.58. The number of alkyl carbamates (subject to hydrolysis) is 1. The van der Waals surface area contributed by atoms with E-state index in [0.717, 1.165) is 17.7 Å². The molecule has 2 aromatic carbocycles. The summed E-state index contributed by atoms with van der Waals surface area (Å²) in [7, 11) is 0. The lowest BCUT2D eigenvalue weighted by Gasteiger charge is -2.19. The van der Waals surface area contributed by atoms with Crippen molar-refractivity contribution in [3.05, 3.63) is 69.7 Å². The van der Waals surface area contributed by atoms with E-state index in [9.17, 15) is 23.8 Å². The molecule has 2 atom stereocenters. The quantitative estimate of drug-likeness (QED) is 0.589. The highest BCUT2D eigenvalue weighted by molar-refractivity contribution is 9.10. The zero-order valence-electron chi connectivity index (χ0n) is 13.7.